The molecule has 8 heteroatoms. The molecule has 0 aromatic rings. The molecule has 0 saturated heterocycles. The van der Waals surface area contributed by atoms with Gasteiger partial charge in [-0.3, -0.25) is 19.2 Å². The van der Waals surface area contributed by atoms with Gasteiger partial charge in [-0.25, -0.2) is 0 Å². The molecular formula is C17H28BNO5S. The van der Waals surface area contributed by atoms with E-state index in [0.717, 1.165) is 11.8 Å². The van der Waals surface area contributed by atoms with Crippen LogP contribution in [-0.4, -0.2) is 60.9 Å². The normalized spacial score (nSPS) is 12.5. The number of carbonyl (C=O) groups excluding carboxylic acids is 4. The van der Waals surface area contributed by atoms with Crippen molar-refractivity contribution >= 4 is 42.4 Å². The van der Waals surface area contributed by atoms with E-state index in [0.29, 0.717) is 0 Å². The minimum Gasteiger partial charge on any atom is -0.450 e. The van der Waals surface area contributed by atoms with Crippen LogP contribution in [0.4, 0.5) is 0 Å². The average molecular weight is 369 g/mol. The molecule has 0 aliphatic carbocycles. The number of Topliss-reactive ketones (excluding diaryl/α,β-unsaturated/α-hetero) is 1. The molecule has 0 rings (SSSR count). The topological polar surface area (TPSA) is 80.8 Å². The van der Waals surface area contributed by atoms with E-state index in [1.54, 1.807) is 27.2 Å². The Hall–Kier alpha value is -1.31. The highest BCUT2D eigenvalue weighted by Crippen LogP contribution is 2.32. The molecule has 0 bridgehead atoms. The molecule has 0 aromatic heterocycles. The molecule has 0 atom stereocenters. The molecule has 140 valence electrons. The fourth-order valence-electron chi connectivity index (χ4n) is 2.06. The van der Waals surface area contributed by atoms with Gasteiger partial charge in [0.2, 0.25) is 11.0 Å². The van der Waals surface area contributed by atoms with E-state index in [4.69, 9.17) is 12.6 Å². The third kappa shape index (κ3) is 5.87. The summed E-state index contributed by atoms with van der Waals surface area (Å²) in [6, 6.07) is 0. The lowest BCUT2D eigenvalue weighted by Crippen LogP contribution is -2.46. The zero-order valence-electron chi connectivity index (χ0n) is 16.4. The van der Waals surface area contributed by atoms with Gasteiger partial charge in [0.25, 0.3) is 0 Å². The van der Waals surface area contributed by atoms with Crippen molar-refractivity contribution < 1.29 is 23.9 Å². The molecular weight excluding hydrogens is 341 g/mol. The van der Waals surface area contributed by atoms with Crippen LogP contribution in [0.3, 0.4) is 0 Å². The number of ketones is 1. The lowest BCUT2D eigenvalue weighted by Gasteiger charge is -2.32. The predicted molar refractivity (Wildman–Crippen MR) is 99.3 cm³/mol. The Kier molecular flexibility index (Phi) is 7.95. The first-order valence-corrected chi connectivity index (χ1v) is 9.16. The maximum Gasteiger partial charge on any atom is 0.320 e. The summed E-state index contributed by atoms with van der Waals surface area (Å²) in [6.07, 6.45) is 1.48. The van der Waals surface area contributed by atoms with Crippen LogP contribution in [0, 0.1) is 10.8 Å². The standard InChI is InChI=1S/C17H28BNO5S/c1-15(2,12(21)19(7)10-18)9-11(20)16(3,4)13(22)24-17(5,6)14(23)25-8/h9-10H2,1-8H3. The second kappa shape index (κ2) is 8.38. The number of hydrogen-bond donors (Lipinski definition) is 0. The number of rotatable bonds is 8. The van der Waals surface area contributed by atoms with E-state index in [-0.39, 0.29) is 23.9 Å². The summed E-state index contributed by atoms with van der Waals surface area (Å²) >= 11 is 0.949. The number of thioether (sulfide) groups is 1. The summed E-state index contributed by atoms with van der Waals surface area (Å²) in [4.78, 5) is 50.6. The Bertz CT molecular complexity index is 557. The largest absolute Gasteiger partial charge is 0.450 e. The smallest absolute Gasteiger partial charge is 0.320 e. The number of amides is 1. The van der Waals surface area contributed by atoms with Crippen molar-refractivity contribution in [2.24, 2.45) is 10.8 Å². The fraction of sp³-hybridized carbons (Fsp3) is 0.765. The lowest BCUT2D eigenvalue weighted by atomic mass is 9.77. The van der Waals surface area contributed by atoms with E-state index in [2.05, 4.69) is 0 Å². The van der Waals surface area contributed by atoms with Crippen LogP contribution < -0.4 is 0 Å². The molecule has 0 saturated carbocycles. The van der Waals surface area contributed by atoms with Crippen LogP contribution >= 0.6 is 11.8 Å². The highest BCUT2D eigenvalue weighted by Gasteiger charge is 2.45. The molecule has 0 spiro atoms. The highest BCUT2D eigenvalue weighted by atomic mass is 32.2. The molecule has 0 N–H and O–H groups in total. The average Bonchev–Trinajstić information content (AvgIpc) is 2.51. The summed E-state index contributed by atoms with van der Waals surface area (Å²) in [5.74, 6) is -1.51. The number of nitrogens with zero attached hydrogens (tertiary/aromatic N) is 1. The molecule has 0 heterocycles. The second-order valence-electron chi connectivity index (χ2n) is 7.69. The number of hydrogen-bond acceptors (Lipinski definition) is 6. The summed E-state index contributed by atoms with van der Waals surface area (Å²) < 4.78 is 5.27. The molecule has 0 unspecified atom stereocenters. The maximum absolute atomic E-state index is 12.7. The van der Waals surface area contributed by atoms with Gasteiger partial charge in [0.05, 0.1) is 13.3 Å². The monoisotopic (exact) mass is 369 g/mol. The van der Waals surface area contributed by atoms with Crippen molar-refractivity contribution in [2.45, 2.75) is 53.6 Å². The van der Waals surface area contributed by atoms with Crippen molar-refractivity contribution in [1.29, 1.82) is 0 Å². The van der Waals surface area contributed by atoms with Crippen molar-refractivity contribution in [3.05, 3.63) is 0 Å². The van der Waals surface area contributed by atoms with Crippen LogP contribution in [0.25, 0.3) is 0 Å². The molecule has 1 amide bonds. The Morgan fingerprint density at radius 1 is 1.04 bits per heavy atom. The highest BCUT2D eigenvalue weighted by molar-refractivity contribution is 8.13. The van der Waals surface area contributed by atoms with Gasteiger partial charge in [-0.15, -0.1) is 0 Å². The van der Waals surface area contributed by atoms with E-state index >= 15 is 0 Å². The van der Waals surface area contributed by atoms with Gasteiger partial charge in [0.1, 0.15) is 5.41 Å². The first-order valence-electron chi connectivity index (χ1n) is 7.94. The summed E-state index contributed by atoms with van der Waals surface area (Å²) in [5.41, 5.74) is -3.82. The number of carbonyl (C=O) groups is 4. The zero-order valence-corrected chi connectivity index (χ0v) is 17.2. The maximum atomic E-state index is 12.7. The minimum atomic E-state index is -1.48. The van der Waals surface area contributed by atoms with Gasteiger partial charge in [-0.2, -0.15) is 0 Å². The Labute approximate surface area is 155 Å². The third-order valence-electron chi connectivity index (χ3n) is 4.03. The molecule has 0 aromatic carbocycles. The lowest BCUT2D eigenvalue weighted by molar-refractivity contribution is -0.172. The Morgan fingerprint density at radius 2 is 1.52 bits per heavy atom. The van der Waals surface area contributed by atoms with Crippen LogP contribution in [-0.2, 0) is 23.9 Å². The third-order valence-corrected chi connectivity index (χ3v) is 4.90. The van der Waals surface area contributed by atoms with Crippen molar-refractivity contribution in [2.75, 3.05) is 19.7 Å². The SMILES string of the molecule is [B]CN(C)C(=O)C(C)(C)CC(=O)C(C)(C)C(=O)OC(C)(C)C(=O)SC. The molecule has 25 heavy (non-hydrogen) atoms. The van der Waals surface area contributed by atoms with E-state index < -0.39 is 28.2 Å². The second-order valence-corrected chi connectivity index (χ2v) is 8.46. The van der Waals surface area contributed by atoms with Crippen molar-refractivity contribution in [1.82, 2.24) is 4.90 Å². The van der Waals surface area contributed by atoms with Crippen LogP contribution in [0.1, 0.15) is 48.0 Å². The van der Waals surface area contributed by atoms with Crippen LogP contribution in [0.2, 0.25) is 0 Å². The molecule has 0 aliphatic rings. The van der Waals surface area contributed by atoms with Crippen molar-refractivity contribution in [3.63, 3.8) is 0 Å². The van der Waals surface area contributed by atoms with Gasteiger partial charge in [0.15, 0.2) is 11.4 Å². The molecule has 6 nitrogen and oxygen atoms in total. The quantitative estimate of drug-likeness (QED) is 0.369. The van der Waals surface area contributed by atoms with E-state index in [1.807, 2.05) is 0 Å². The van der Waals surface area contributed by atoms with Crippen LogP contribution in [0.5, 0.6) is 0 Å². The Morgan fingerprint density at radius 3 is 1.92 bits per heavy atom. The minimum absolute atomic E-state index is 0.0346. The van der Waals surface area contributed by atoms with Gasteiger partial charge in [-0.05, 0) is 40.4 Å². The Balaban J connectivity index is 5.26. The number of ether oxygens (including phenoxy) is 1. The fourth-order valence-corrected chi connectivity index (χ4v) is 2.59. The first kappa shape index (κ1) is 23.7. The van der Waals surface area contributed by atoms with Gasteiger partial charge in [-0.1, -0.05) is 25.6 Å². The van der Waals surface area contributed by atoms with Crippen molar-refractivity contribution in [3.8, 4) is 0 Å². The van der Waals surface area contributed by atoms with Gasteiger partial charge < -0.3 is 9.64 Å². The van der Waals surface area contributed by atoms with E-state index in [1.165, 1.54) is 32.6 Å². The van der Waals surface area contributed by atoms with Gasteiger partial charge in [0, 0.05) is 13.5 Å². The number of esters is 1. The summed E-state index contributed by atoms with van der Waals surface area (Å²) in [7, 11) is 7.00. The van der Waals surface area contributed by atoms with E-state index in [9.17, 15) is 19.2 Å². The summed E-state index contributed by atoms with van der Waals surface area (Å²) in [6.45, 7) is 9.08. The zero-order chi connectivity index (χ0) is 20.2. The molecule has 0 aliphatic heterocycles. The van der Waals surface area contributed by atoms with Gasteiger partial charge >= 0.3 is 5.97 Å². The molecule has 2 radical (unpaired) electrons. The predicted octanol–water partition coefficient (Wildman–Crippen LogP) is 1.79. The molecule has 0 fully saturated rings. The summed E-state index contributed by atoms with van der Waals surface area (Å²) in [5, 5.41) is -0.316. The van der Waals surface area contributed by atoms with Crippen LogP contribution in [0.15, 0.2) is 0 Å². The first-order chi connectivity index (χ1) is 11.1.